The first-order valence-electron chi connectivity index (χ1n) is 18.4. The Morgan fingerprint density at radius 1 is 0.569 bits per heavy atom. The molecule has 0 saturated heterocycles. The van der Waals surface area contributed by atoms with Crippen molar-refractivity contribution in [3.63, 3.8) is 0 Å². The molecule has 0 amide bonds. The van der Waals surface area contributed by atoms with Crippen molar-refractivity contribution in [2.75, 3.05) is 11.5 Å². The Kier molecular flexibility index (Phi) is 11.2. The quantitative estimate of drug-likeness (QED) is 0.108. The number of nitrogens with zero attached hydrogens (tertiary/aromatic N) is 4. The summed E-state index contributed by atoms with van der Waals surface area (Å²) in [7, 11) is -7.39. The summed E-state index contributed by atoms with van der Waals surface area (Å²) in [5.74, 6) is 2.64. The zero-order valence-corrected chi connectivity index (χ0v) is 33.8. The average Bonchev–Trinajstić information content (AvgIpc) is 3.79. The fraction of sp³-hybridized carbons (Fsp3) is 0.300. The normalized spacial score (nSPS) is 19.1. The highest BCUT2D eigenvalue weighted by molar-refractivity contribution is 7.89. The van der Waals surface area contributed by atoms with Gasteiger partial charge in [-0.1, -0.05) is 12.1 Å². The monoisotopic (exact) mass is 828 g/mol. The molecule has 8 rings (SSSR count). The molecule has 2 fully saturated rings. The van der Waals surface area contributed by atoms with E-state index in [0.717, 1.165) is 33.4 Å². The van der Waals surface area contributed by atoms with Gasteiger partial charge in [-0.25, -0.2) is 46.2 Å². The molecule has 8 N–H and O–H groups in total. The van der Waals surface area contributed by atoms with Crippen molar-refractivity contribution in [2.24, 2.45) is 0 Å². The molecule has 4 aromatic heterocycles. The van der Waals surface area contributed by atoms with E-state index in [0.29, 0.717) is 71.7 Å². The standard InChI is InChI=1S/2C20H22N4O4S/c2*1-11-3-4-16(29(26,27)24-14-6-15(25)7-14)8-17(11)13-5-18(20(21)23-9-13)19-10-22-12(2)28-19/h2*3-5,8-10,14-15,24-25H,6-7H2,1-2H3,(H2,21,23). The first-order chi connectivity index (χ1) is 27.5. The number of nitrogens with two attached hydrogens (primary N) is 2. The first kappa shape index (κ1) is 40.7. The molecular formula is C40H44N8O8S2. The van der Waals surface area contributed by atoms with Crippen molar-refractivity contribution < 1.29 is 35.9 Å². The van der Waals surface area contributed by atoms with Crippen LogP contribution in [0, 0.1) is 27.7 Å². The molecule has 0 spiro atoms. The van der Waals surface area contributed by atoms with Crippen LogP contribution in [-0.2, 0) is 20.0 Å². The molecule has 4 heterocycles. The summed E-state index contributed by atoms with van der Waals surface area (Å²) in [5.41, 5.74) is 17.9. The molecule has 16 nitrogen and oxygen atoms in total. The minimum absolute atomic E-state index is 0.161. The summed E-state index contributed by atoms with van der Waals surface area (Å²) < 4.78 is 67.3. The van der Waals surface area contributed by atoms with Gasteiger partial charge >= 0.3 is 0 Å². The van der Waals surface area contributed by atoms with Gasteiger partial charge < -0.3 is 30.5 Å². The maximum absolute atomic E-state index is 12.7. The second-order valence-corrected chi connectivity index (χ2v) is 18.1. The van der Waals surface area contributed by atoms with Crippen LogP contribution in [0.2, 0.25) is 0 Å². The number of aliphatic hydroxyl groups is 2. The summed E-state index contributed by atoms with van der Waals surface area (Å²) in [6, 6.07) is 13.1. The maximum Gasteiger partial charge on any atom is 0.240 e. The van der Waals surface area contributed by atoms with Crippen LogP contribution in [0.3, 0.4) is 0 Å². The van der Waals surface area contributed by atoms with Crippen LogP contribution in [0.15, 0.2) is 91.9 Å². The van der Waals surface area contributed by atoms with Crippen molar-refractivity contribution in [2.45, 2.75) is 87.5 Å². The SMILES string of the molecule is Cc1ncc(-c2cc(-c3cc(S(=O)(=O)NC4CC(O)C4)ccc3C)cnc2N)o1.Cc1ncc(-c2cc(-c3cc(S(=O)(=O)NC4CC(O)C4)ccc3C)cnc2N)o1. The van der Waals surface area contributed by atoms with Crippen molar-refractivity contribution in [3.8, 4) is 44.9 Å². The maximum atomic E-state index is 12.7. The van der Waals surface area contributed by atoms with Crippen molar-refractivity contribution >= 4 is 31.7 Å². The second kappa shape index (κ2) is 16.0. The molecule has 304 valence electrons. The predicted octanol–water partition coefficient (Wildman–Crippen LogP) is 4.81. The molecule has 2 aliphatic carbocycles. The van der Waals surface area contributed by atoms with Gasteiger partial charge in [0.25, 0.3) is 0 Å². The Hall–Kier alpha value is -5.50. The fourth-order valence-corrected chi connectivity index (χ4v) is 9.29. The number of nitrogens with one attached hydrogen (secondary N) is 2. The number of anilines is 2. The summed E-state index contributed by atoms with van der Waals surface area (Å²) in [6.07, 6.45) is 7.23. The van der Waals surface area contributed by atoms with E-state index in [-0.39, 0.29) is 21.9 Å². The molecule has 2 aromatic carbocycles. The van der Waals surface area contributed by atoms with E-state index < -0.39 is 32.3 Å². The van der Waals surface area contributed by atoms with E-state index in [2.05, 4.69) is 29.4 Å². The predicted molar refractivity (Wildman–Crippen MR) is 217 cm³/mol. The number of aliphatic hydroxyl groups excluding tert-OH is 2. The van der Waals surface area contributed by atoms with Crippen molar-refractivity contribution in [1.29, 1.82) is 0 Å². The third kappa shape index (κ3) is 8.81. The largest absolute Gasteiger partial charge is 0.441 e. The van der Waals surface area contributed by atoms with E-state index in [4.69, 9.17) is 20.3 Å². The molecule has 2 saturated carbocycles. The highest BCUT2D eigenvalue weighted by Crippen LogP contribution is 2.35. The van der Waals surface area contributed by atoms with Crippen LogP contribution in [-0.4, -0.2) is 71.3 Å². The lowest BCUT2D eigenvalue weighted by atomic mass is 9.91. The first-order valence-corrected chi connectivity index (χ1v) is 21.4. The van der Waals surface area contributed by atoms with Crippen LogP contribution in [0.1, 0.15) is 48.6 Å². The van der Waals surface area contributed by atoms with Gasteiger partial charge in [0.2, 0.25) is 20.0 Å². The van der Waals surface area contributed by atoms with Gasteiger partial charge in [0.15, 0.2) is 23.3 Å². The third-order valence-electron chi connectivity index (χ3n) is 10.1. The summed E-state index contributed by atoms with van der Waals surface area (Å²) in [5, 5.41) is 18.8. The van der Waals surface area contributed by atoms with Gasteiger partial charge in [0, 0.05) is 49.5 Å². The Morgan fingerprint density at radius 2 is 0.948 bits per heavy atom. The number of sulfonamides is 2. The van der Waals surface area contributed by atoms with Gasteiger partial charge in [-0.15, -0.1) is 0 Å². The molecule has 0 unspecified atom stereocenters. The lowest BCUT2D eigenvalue weighted by molar-refractivity contribution is 0.0707. The van der Waals surface area contributed by atoms with Crippen LogP contribution >= 0.6 is 0 Å². The molecule has 0 bridgehead atoms. The smallest absolute Gasteiger partial charge is 0.240 e. The molecule has 18 heteroatoms. The highest BCUT2D eigenvalue weighted by Gasteiger charge is 2.33. The van der Waals surface area contributed by atoms with E-state index in [1.54, 1.807) is 75.0 Å². The van der Waals surface area contributed by atoms with Gasteiger partial charge in [0.1, 0.15) is 11.6 Å². The lowest BCUT2D eigenvalue weighted by Gasteiger charge is -2.31. The number of benzene rings is 2. The Morgan fingerprint density at radius 3 is 1.28 bits per heavy atom. The van der Waals surface area contributed by atoms with Crippen LogP contribution in [0.25, 0.3) is 44.9 Å². The van der Waals surface area contributed by atoms with E-state index in [9.17, 15) is 27.0 Å². The second-order valence-electron chi connectivity index (χ2n) is 14.6. The van der Waals surface area contributed by atoms with Gasteiger partial charge in [-0.2, -0.15) is 0 Å². The summed E-state index contributed by atoms with van der Waals surface area (Å²) in [6.45, 7) is 7.28. The number of rotatable bonds is 10. The Bertz CT molecular complexity index is 2520. The van der Waals surface area contributed by atoms with Gasteiger partial charge in [-0.3, -0.25) is 0 Å². The summed E-state index contributed by atoms with van der Waals surface area (Å²) >= 11 is 0. The van der Waals surface area contributed by atoms with Crippen LogP contribution in [0.4, 0.5) is 11.6 Å². The minimum Gasteiger partial charge on any atom is -0.441 e. The van der Waals surface area contributed by atoms with Gasteiger partial charge in [0.05, 0.1) is 45.5 Å². The summed E-state index contributed by atoms with van der Waals surface area (Å²) in [4.78, 5) is 17.0. The van der Waals surface area contributed by atoms with Crippen molar-refractivity contribution in [1.82, 2.24) is 29.4 Å². The molecule has 2 aliphatic rings. The third-order valence-corrected chi connectivity index (χ3v) is 13.2. The fourth-order valence-electron chi connectivity index (χ4n) is 6.71. The van der Waals surface area contributed by atoms with E-state index in [1.165, 1.54) is 0 Å². The number of nitrogen functional groups attached to an aromatic ring is 2. The van der Waals surface area contributed by atoms with Crippen molar-refractivity contribution in [3.05, 3.63) is 96.2 Å². The molecule has 0 atom stereocenters. The highest BCUT2D eigenvalue weighted by atomic mass is 32.2. The molecule has 0 radical (unpaired) electrons. The number of aryl methyl sites for hydroxylation is 4. The average molecular weight is 829 g/mol. The zero-order chi connectivity index (χ0) is 41.5. The molecule has 0 aliphatic heterocycles. The Balaban J connectivity index is 0.000000177. The van der Waals surface area contributed by atoms with Gasteiger partial charge in [-0.05, 0) is 98.2 Å². The topological polar surface area (TPSA) is 263 Å². The van der Waals surface area contributed by atoms with E-state index >= 15 is 0 Å². The zero-order valence-electron chi connectivity index (χ0n) is 32.2. The van der Waals surface area contributed by atoms with E-state index in [1.807, 2.05) is 26.0 Å². The Labute approximate surface area is 335 Å². The molecule has 58 heavy (non-hydrogen) atoms. The number of hydrogen-bond acceptors (Lipinski definition) is 14. The van der Waals surface area contributed by atoms with Crippen LogP contribution in [0.5, 0.6) is 0 Å². The molecule has 6 aromatic rings. The number of hydrogen-bond donors (Lipinski definition) is 6. The molecular weight excluding hydrogens is 785 g/mol. The minimum atomic E-state index is -3.69. The van der Waals surface area contributed by atoms with Crippen LogP contribution < -0.4 is 20.9 Å². The lowest BCUT2D eigenvalue weighted by Crippen LogP contribution is -2.46. The number of pyridine rings is 2. The number of oxazole rings is 2. The number of aromatic nitrogens is 4.